The molecule has 92 valence electrons. The maximum atomic E-state index is 13.4. The van der Waals surface area contributed by atoms with E-state index in [0.29, 0.717) is 5.02 Å². The van der Waals surface area contributed by atoms with Crippen LogP contribution in [0.5, 0.6) is 0 Å². The van der Waals surface area contributed by atoms with Crippen molar-refractivity contribution in [2.45, 2.75) is 18.9 Å². The van der Waals surface area contributed by atoms with E-state index in [-0.39, 0.29) is 11.9 Å². The van der Waals surface area contributed by atoms with Gasteiger partial charge >= 0.3 is 0 Å². The van der Waals surface area contributed by atoms with Crippen LogP contribution in [0, 0.1) is 5.82 Å². The molecule has 0 aliphatic heterocycles. The van der Waals surface area contributed by atoms with Crippen LogP contribution in [-0.2, 0) is 6.42 Å². The van der Waals surface area contributed by atoms with Gasteiger partial charge in [0.2, 0.25) is 0 Å². The van der Waals surface area contributed by atoms with Crippen LogP contribution in [0.3, 0.4) is 0 Å². The van der Waals surface area contributed by atoms with Crippen molar-refractivity contribution in [1.29, 1.82) is 0 Å². The van der Waals surface area contributed by atoms with Gasteiger partial charge in [0.25, 0.3) is 0 Å². The molecule has 1 unspecified atom stereocenters. The molecule has 0 spiro atoms. The summed E-state index contributed by atoms with van der Waals surface area (Å²) >= 11 is 5.91. The topological polar surface area (TPSA) is 26.0 Å². The third kappa shape index (κ3) is 1.92. The Morgan fingerprint density at radius 3 is 2.83 bits per heavy atom. The highest BCUT2D eigenvalue weighted by Crippen LogP contribution is 2.37. The Kier molecular flexibility index (Phi) is 2.84. The van der Waals surface area contributed by atoms with Crippen molar-refractivity contribution in [2.24, 2.45) is 5.73 Å². The summed E-state index contributed by atoms with van der Waals surface area (Å²) in [6, 6.07) is 10.8. The molecule has 1 nitrogen and oxygen atoms in total. The molecule has 0 aromatic heterocycles. The molecule has 2 aromatic carbocycles. The van der Waals surface area contributed by atoms with Crippen LogP contribution in [0.2, 0.25) is 5.02 Å². The molecule has 0 heterocycles. The number of fused-ring (bicyclic) bond motifs is 1. The Balaban J connectivity index is 2.18. The Bertz CT molecular complexity index is 589. The SMILES string of the molecule is NC1CCc2c(-c3cc(F)cc(Cl)c3)cccc21. The fourth-order valence-electron chi connectivity index (χ4n) is 2.67. The van der Waals surface area contributed by atoms with Crippen LogP contribution in [0.1, 0.15) is 23.6 Å². The number of rotatable bonds is 1. The summed E-state index contributed by atoms with van der Waals surface area (Å²) in [5.74, 6) is -0.308. The second kappa shape index (κ2) is 4.38. The van der Waals surface area contributed by atoms with Crippen LogP contribution in [-0.4, -0.2) is 0 Å². The van der Waals surface area contributed by atoms with Crippen molar-refractivity contribution in [3.63, 3.8) is 0 Å². The highest BCUT2D eigenvalue weighted by atomic mass is 35.5. The summed E-state index contributed by atoms with van der Waals surface area (Å²) in [6.45, 7) is 0. The van der Waals surface area contributed by atoms with Crippen LogP contribution in [0.15, 0.2) is 36.4 Å². The minimum atomic E-state index is -0.308. The first-order chi connectivity index (χ1) is 8.65. The number of hydrogen-bond donors (Lipinski definition) is 1. The van der Waals surface area contributed by atoms with Crippen LogP contribution in [0.4, 0.5) is 4.39 Å². The largest absolute Gasteiger partial charge is 0.324 e. The van der Waals surface area contributed by atoms with E-state index in [1.54, 1.807) is 6.07 Å². The molecule has 18 heavy (non-hydrogen) atoms. The average molecular weight is 262 g/mol. The van der Waals surface area contributed by atoms with Gasteiger partial charge < -0.3 is 5.73 Å². The van der Waals surface area contributed by atoms with Crippen molar-refractivity contribution in [2.75, 3.05) is 0 Å². The Labute approximate surface area is 110 Å². The summed E-state index contributed by atoms with van der Waals surface area (Å²) in [5, 5.41) is 0.421. The molecule has 0 saturated carbocycles. The summed E-state index contributed by atoms with van der Waals surface area (Å²) in [7, 11) is 0. The maximum Gasteiger partial charge on any atom is 0.125 e. The molecule has 2 aromatic rings. The van der Waals surface area contributed by atoms with Gasteiger partial charge in [-0.2, -0.15) is 0 Å². The number of benzene rings is 2. The lowest BCUT2D eigenvalue weighted by Crippen LogP contribution is -2.04. The predicted octanol–water partition coefficient (Wildman–Crippen LogP) is 4.09. The standard InChI is InChI=1S/C15H13ClFN/c16-10-6-9(7-11(17)8-10)12-2-1-3-14-13(12)4-5-15(14)18/h1-3,6-8,15H,4-5,18H2. The fraction of sp³-hybridized carbons (Fsp3) is 0.200. The Morgan fingerprint density at radius 1 is 1.22 bits per heavy atom. The van der Waals surface area contributed by atoms with Crippen LogP contribution >= 0.6 is 11.6 Å². The van der Waals surface area contributed by atoms with E-state index >= 15 is 0 Å². The fourth-order valence-corrected chi connectivity index (χ4v) is 2.89. The molecule has 1 atom stereocenters. The average Bonchev–Trinajstić information content (AvgIpc) is 2.70. The van der Waals surface area contributed by atoms with Crippen molar-refractivity contribution in [3.8, 4) is 11.1 Å². The van der Waals surface area contributed by atoms with Crippen LogP contribution in [0.25, 0.3) is 11.1 Å². The first-order valence-corrected chi connectivity index (χ1v) is 6.37. The van der Waals surface area contributed by atoms with Crippen molar-refractivity contribution < 1.29 is 4.39 Å². The second-order valence-electron chi connectivity index (χ2n) is 4.68. The van der Waals surface area contributed by atoms with Gasteiger partial charge in [0, 0.05) is 11.1 Å². The zero-order valence-electron chi connectivity index (χ0n) is 9.79. The molecule has 0 radical (unpaired) electrons. The molecule has 0 fully saturated rings. The predicted molar refractivity (Wildman–Crippen MR) is 72.1 cm³/mol. The zero-order chi connectivity index (χ0) is 12.7. The van der Waals surface area contributed by atoms with Gasteiger partial charge in [-0.15, -0.1) is 0 Å². The lowest BCUT2D eigenvalue weighted by molar-refractivity contribution is 0.628. The minimum Gasteiger partial charge on any atom is -0.324 e. The summed E-state index contributed by atoms with van der Waals surface area (Å²) in [6.07, 6.45) is 1.90. The van der Waals surface area contributed by atoms with Gasteiger partial charge in [-0.3, -0.25) is 0 Å². The monoisotopic (exact) mass is 261 g/mol. The third-order valence-electron chi connectivity index (χ3n) is 3.49. The molecule has 2 N–H and O–H groups in total. The van der Waals surface area contributed by atoms with Gasteiger partial charge in [0.1, 0.15) is 5.82 Å². The van der Waals surface area contributed by atoms with E-state index < -0.39 is 0 Å². The quantitative estimate of drug-likeness (QED) is 0.822. The molecule has 1 aliphatic carbocycles. The lowest BCUT2D eigenvalue weighted by Gasteiger charge is -2.10. The number of hydrogen-bond acceptors (Lipinski definition) is 1. The third-order valence-corrected chi connectivity index (χ3v) is 3.71. The molecule has 0 bridgehead atoms. The van der Waals surface area contributed by atoms with Crippen molar-refractivity contribution >= 4 is 11.6 Å². The number of halogens is 2. The van der Waals surface area contributed by atoms with Gasteiger partial charge in [-0.05, 0) is 53.3 Å². The van der Waals surface area contributed by atoms with E-state index in [2.05, 4.69) is 6.07 Å². The summed E-state index contributed by atoms with van der Waals surface area (Å²) in [4.78, 5) is 0. The van der Waals surface area contributed by atoms with Gasteiger partial charge in [0.15, 0.2) is 0 Å². The van der Waals surface area contributed by atoms with E-state index in [9.17, 15) is 4.39 Å². The van der Waals surface area contributed by atoms with Gasteiger partial charge in [-0.25, -0.2) is 4.39 Å². The smallest absolute Gasteiger partial charge is 0.125 e. The maximum absolute atomic E-state index is 13.4. The van der Waals surface area contributed by atoms with E-state index in [4.69, 9.17) is 17.3 Å². The highest BCUT2D eigenvalue weighted by molar-refractivity contribution is 6.30. The Hall–Kier alpha value is -1.38. The Morgan fingerprint density at radius 2 is 2.06 bits per heavy atom. The molecular formula is C15H13ClFN. The van der Waals surface area contributed by atoms with E-state index in [1.807, 2.05) is 12.1 Å². The molecular weight excluding hydrogens is 249 g/mol. The van der Waals surface area contributed by atoms with Crippen molar-refractivity contribution in [1.82, 2.24) is 0 Å². The van der Waals surface area contributed by atoms with E-state index in [1.165, 1.54) is 23.3 Å². The minimum absolute atomic E-state index is 0.101. The molecule has 1 aliphatic rings. The lowest BCUT2D eigenvalue weighted by atomic mass is 9.96. The molecule has 0 saturated heterocycles. The van der Waals surface area contributed by atoms with Crippen LogP contribution < -0.4 is 5.73 Å². The molecule has 0 amide bonds. The van der Waals surface area contributed by atoms with E-state index in [0.717, 1.165) is 24.0 Å². The summed E-state index contributed by atoms with van der Waals surface area (Å²) < 4.78 is 13.4. The van der Waals surface area contributed by atoms with Crippen molar-refractivity contribution in [3.05, 3.63) is 58.4 Å². The second-order valence-corrected chi connectivity index (χ2v) is 5.11. The molecule has 3 rings (SSSR count). The molecule has 3 heteroatoms. The zero-order valence-corrected chi connectivity index (χ0v) is 10.5. The number of nitrogens with two attached hydrogens (primary N) is 1. The first kappa shape index (κ1) is 11.7. The highest BCUT2D eigenvalue weighted by Gasteiger charge is 2.21. The van der Waals surface area contributed by atoms with Gasteiger partial charge in [0.05, 0.1) is 0 Å². The summed E-state index contributed by atoms with van der Waals surface area (Å²) in [5.41, 5.74) is 10.3. The first-order valence-electron chi connectivity index (χ1n) is 5.99. The normalized spacial score (nSPS) is 17.8. The van der Waals surface area contributed by atoms with Gasteiger partial charge in [-0.1, -0.05) is 29.8 Å².